The van der Waals surface area contributed by atoms with E-state index in [1.807, 2.05) is 11.6 Å². The predicted molar refractivity (Wildman–Crippen MR) is 56.5 cm³/mol. The van der Waals surface area contributed by atoms with Crippen LogP contribution in [0.25, 0.3) is 0 Å². The summed E-state index contributed by atoms with van der Waals surface area (Å²) in [6, 6.07) is 0.539. The predicted octanol–water partition coefficient (Wildman–Crippen LogP) is 0.822. The third kappa shape index (κ3) is 2.03. The van der Waals surface area contributed by atoms with E-state index >= 15 is 0 Å². The van der Waals surface area contributed by atoms with Gasteiger partial charge in [-0.05, 0) is 26.3 Å². The molecule has 1 saturated carbocycles. The lowest BCUT2D eigenvalue weighted by Gasteiger charge is -2.12. The molecule has 0 aliphatic heterocycles. The summed E-state index contributed by atoms with van der Waals surface area (Å²) in [5, 5.41) is 8.39. The van der Waals surface area contributed by atoms with Crippen molar-refractivity contribution in [2.24, 2.45) is 5.73 Å². The third-order valence-electron chi connectivity index (χ3n) is 2.82. The highest BCUT2D eigenvalue weighted by molar-refractivity contribution is 5.15. The first kappa shape index (κ1) is 10.6. The molecule has 1 atom stereocenters. The minimum absolute atomic E-state index is 0.0437. The van der Waals surface area contributed by atoms with Crippen LogP contribution in [0.1, 0.15) is 43.3 Å². The van der Waals surface area contributed by atoms with Gasteiger partial charge in [-0.2, -0.15) is 0 Å². The fourth-order valence-electron chi connectivity index (χ4n) is 1.77. The largest absolute Gasteiger partial charge is 0.375 e. The molecule has 84 valence electrons. The fraction of sp³-hybridized carbons (Fsp3) is 0.800. The van der Waals surface area contributed by atoms with Gasteiger partial charge in [0.05, 0.1) is 23.5 Å². The molecule has 5 heteroatoms. The molecule has 0 saturated heterocycles. The Kier molecular flexibility index (Phi) is 3.02. The molecule has 15 heavy (non-hydrogen) atoms. The second-order valence-corrected chi connectivity index (χ2v) is 4.01. The van der Waals surface area contributed by atoms with Crippen LogP contribution in [0.4, 0.5) is 0 Å². The Morgan fingerprint density at radius 2 is 2.33 bits per heavy atom. The van der Waals surface area contributed by atoms with Gasteiger partial charge < -0.3 is 10.5 Å². The highest BCUT2D eigenvalue weighted by Crippen LogP contribution is 2.37. The number of hydrogen-bond acceptors (Lipinski definition) is 4. The number of aromatic nitrogens is 3. The van der Waals surface area contributed by atoms with Crippen molar-refractivity contribution in [2.45, 2.75) is 38.3 Å². The maximum absolute atomic E-state index is 5.55. The van der Waals surface area contributed by atoms with Gasteiger partial charge in [-0.25, -0.2) is 4.68 Å². The van der Waals surface area contributed by atoms with Crippen molar-refractivity contribution >= 4 is 0 Å². The highest BCUT2D eigenvalue weighted by Gasteiger charge is 2.30. The van der Waals surface area contributed by atoms with Gasteiger partial charge >= 0.3 is 0 Å². The van der Waals surface area contributed by atoms with E-state index in [-0.39, 0.29) is 6.10 Å². The van der Waals surface area contributed by atoms with Gasteiger partial charge in [-0.1, -0.05) is 5.21 Å². The van der Waals surface area contributed by atoms with Crippen LogP contribution in [-0.2, 0) is 11.2 Å². The molecule has 0 amide bonds. The molecule has 0 bridgehead atoms. The Balaban J connectivity index is 2.30. The van der Waals surface area contributed by atoms with E-state index in [1.165, 1.54) is 12.8 Å². The molecule has 1 aliphatic rings. The summed E-state index contributed by atoms with van der Waals surface area (Å²) in [5.41, 5.74) is 7.64. The average Bonchev–Trinajstić information content (AvgIpc) is 3.00. The molecule has 5 nitrogen and oxygen atoms in total. The Bertz CT molecular complexity index is 332. The van der Waals surface area contributed by atoms with Gasteiger partial charge in [0.2, 0.25) is 0 Å². The normalized spacial score (nSPS) is 18.1. The van der Waals surface area contributed by atoms with E-state index in [4.69, 9.17) is 10.5 Å². The molecule has 2 rings (SSSR count). The van der Waals surface area contributed by atoms with Crippen molar-refractivity contribution < 1.29 is 4.74 Å². The first-order chi connectivity index (χ1) is 7.27. The van der Waals surface area contributed by atoms with Gasteiger partial charge in [0.15, 0.2) is 0 Å². The van der Waals surface area contributed by atoms with Gasteiger partial charge in [-0.15, -0.1) is 5.10 Å². The summed E-state index contributed by atoms with van der Waals surface area (Å²) < 4.78 is 7.37. The van der Waals surface area contributed by atoms with Crippen molar-refractivity contribution in [1.29, 1.82) is 0 Å². The maximum atomic E-state index is 5.55. The van der Waals surface area contributed by atoms with Crippen molar-refractivity contribution in [3.63, 3.8) is 0 Å². The smallest absolute Gasteiger partial charge is 0.0979 e. The zero-order valence-corrected chi connectivity index (χ0v) is 9.31. The van der Waals surface area contributed by atoms with Crippen molar-refractivity contribution in [2.75, 3.05) is 13.7 Å². The van der Waals surface area contributed by atoms with Crippen molar-refractivity contribution in [3.8, 4) is 0 Å². The van der Waals surface area contributed by atoms with Gasteiger partial charge in [0.1, 0.15) is 0 Å². The molecule has 1 aliphatic carbocycles. The summed E-state index contributed by atoms with van der Waals surface area (Å²) in [6.45, 7) is 2.63. The second kappa shape index (κ2) is 4.28. The van der Waals surface area contributed by atoms with Crippen LogP contribution in [0.15, 0.2) is 0 Å². The molecule has 1 aromatic heterocycles. The number of hydrogen-bond donors (Lipinski definition) is 1. The number of nitrogens with two attached hydrogens (primary N) is 1. The molecule has 1 aromatic rings. The lowest BCUT2D eigenvalue weighted by Crippen LogP contribution is -2.11. The first-order valence-electron chi connectivity index (χ1n) is 5.44. The fourth-order valence-corrected chi connectivity index (χ4v) is 1.77. The quantitative estimate of drug-likeness (QED) is 0.781. The van der Waals surface area contributed by atoms with Crippen LogP contribution in [0.3, 0.4) is 0 Å². The molecule has 0 radical (unpaired) electrons. The van der Waals surface area contributed by atoms with Gasteiger partial charge in [0.25, 0.3) is 0 Å². The summed E-state index contributed by atoms with van der Waals surface area (Å²) in [6.07, 6.45) is 3.22. The lowest BCUT2D eigenvalue weighted by atomic mass is 10.2. The SMILES string of the molecule is COC(C)c1c(CCN)nnn1C1CC1. The van der Waals surface area contributed by atoms with Crippen LogP contribution in [-0.4, -0.2) is 28.6 Å². The molecular formula is C10H18N4O. The summed E-state index contributed by atoms with van der Waals surface area (Å²) in [7, 11) is 1.71. The third-order valence-corrected chi connectivity index (χ3v) is 2.82. The number of rotatable bonds is 5. The van der Waals surface area contributed by atoms with E-state index in [0.29, 0.717) is 12.6 Å². The van der Waals surface area contributed by atoms with Gasteiger partial charge in [0, 0.05) is 13.5 Å². The van der Waals surface area contributed by atoms with Crippen LogP contribution in [0, 0.1) is 0 Å². The molecule has 2 N–H and O–H groups in total. The Morgan fingerprint density at radius 3 is 2.87 bits per heavy atom. The highest BCUT2D eigenvalue weighted by atomic mass is 16.5. The minimum Gasteiger partial charge on any atom is -0.375 e. The van der Waals surface area contributed by atoms with E-state index in [0.717, 1.165) is 17.8 Å². The van der Waals surface area contributed by atoms with Crippen molar-refractivity contribution in [3.05, 3.63) is 11.4 Å². The number of ether oxygens (including phenoxy) is 1. The van der Waals surface area contributed by atoms with Crippen LogP contribution < -0.4 is 5.73 Å². The first-order valence-corrected chi connectivity index (χ1v) is 5.44. The average molecular weight is 210 g/mol. The lowest BCUT2D eigenvalue weighted by molar-refractivity contribution is 0.110. The molecule has 1 fully saturated rings. The Hall–Kier alpha value is -0.940. The van der Waals surface area contributed by atoms with E-state index in [1.54, 1.807) is 7.11 Å². The van der Waals surface area contributed by atoms with Crippen LogP contribution >= 0.6 is 0 Å². The molecule has 0 spiro atoms. The summed E-state index contributed by atoms with van der Waals surface area (Å²) in [4.78, 5) is 0. The summed E-state index contributed by atoms with van der Waals surface area (Å²) >= 11 is 0. The zero-order chi connectivity index (χ0) is 10.8. The van der Waals surface area contributed by atoms with E-state index in [2.05, 4.69) is 10.3 Å². The molecule has 0 aromatic carbocycles. The topological polar surface area (TPSA) is 66.0 Å². The second-order valence-electron chi connectivity index (χ2n) is 4.01. The molecule has 1 unspecified atom stereocenters. The van der Waals surface area contributed by atoms with Crippen LogP contribution in [0.5, 0.6) is 0 Å². The maximum Gasteiger partial charge on any atom is 0.0979 e. The zero-order valence-electron chi connectivity index (χ0n) is 9.31. The minimum atomic E-state index is 0.0437. The summed E-state index contributed by atoms with van der Waals surface area (Å²) in [5.74, 6) is 0. The van der Waals surface area contributed by atoms with Gasteiger partial charge in [-0.3, -0.25) is 0 Å². The number of methoxy groups -OCH3 is 1. The standard InChI is InChI=1S/C10H18N4O/c1-7(15-2)10-9(5-6-11)12-13-14(10)8-3-4-8/h7-8H,3-6,11H2,1-2H3. The molecular weight excluding hydrogens is 192 g/mol. The molecule has 1 heterocycles. The van der Waals surface area contributed by atoms with E-state index in [9.17, 15) is 0 Å². The Morgan fingerprint density at radius 1 is 1.60 bits per heavy atom. The van der Waals surface area contributed by atoms with E-state index < -0.39 is 0 Å². The Labute approximate surface area is 89.6 Å². The van der Waals surface area contributed by atoms with Crippen molar-refractivity contribution in [1.82, 2.24) is 15.0 Å². The number of nitrogens with zero attached hydrogens (tertiary/aromatic N) is 3. The monoisotopic (exact) mass is 210 g/mol. The van der Waals surface area contributed by atoms with Crippen LogP contribution in [0.2, 0.25) is 0 Å².